The van der Waals surface area contributed by atoms with Gasteiger partial charge in [0, 0.05) is 12.8 Å². The van der Waals surface area contributed by atoms with E-state index in [0.717, 1.165) is 12.8 Å². The summed E-state index contributed by atoms with van der Waals surface area (Å²) in [6.07, 6.45) is 2.89. The summed E-state index contributed by atoms with van der Waals surface area (Å²) in [5.41, 5.74) is 0. The van der Waals surface area contributed by atoms with Crippen molar-refractivity contribution in [2.24, 2.45) is 5.92 Å². The van der Waals surface area contributed by atoms with Crippen LogP contribution in [0.5, 0.6) is 0 Å². The number of carbonyl (C=O) groups excluding carboxylic acids is 1. The van der Waals surface area contributed by atoms with E-state index < -0.39 is 0 Å². The summed E-state index contributed by atoms with van der Waals surface area (Å²) in [6, 6.07) is 0. The molecule has 1 atom stereocenters. The van der Waals surface area contributed by atoms with Crippen molar-refractivity contribution in [3.05, 3.63) is 0 Å². The molecule has 0 spiro atoms. The SMILES string of the molecule is C[C@@H](O)C1CCC(=O)CC1. The molecule has 2 nitrogen and oxygen atoms in total. The van der Waals surface area contributed by atoms with Crippen LogP contribution in [-0.4, -0.2) is 17.0 Å². The fraction of sp³-hybridized carbons (Fsp3) is 0.875. The minimum Gasteiger partial charge on any atom is -0.393 e. The van der Waals surface area contributed by atoms with Crippen LogP contribution in [0.3, 0.4) is 0 Å². The first-order valence-corrected chi connectivity index (χ1v) is 3.90. The van der Waals surface area contributed by atoms with E-state index in [1.54, 1.807) is 6.92 Å². The molecule has 0 aromatic carbocycles. The summed E-state index contributed by atoms with van der Waals surface area (Å²) in [5.74, 6) is 0.731. The van der Waals surface area contributed by atoms with Gasteiger partial charge in [0.25, 0.3) is 0 Å². The van der Waals surface area contributed by atoms with Crippen LogP contribution < -0.4 is 0 Å². The maximum absolute atomic E-state index is 10.7. The van der Waals surface area contributed by atoms with Crippen molar-refractivity contribution in [1.29, 1.82) is 0 Å². The van der Waals surface area contributed by atoms with Crippen LogP contribution in [0.15, 0.2) is 0 Å². The van der Waals surface area contributed by atoms with Crippen molar-refractivity contribution in [2.75, 3.05) is 0 Å². The highest BCUT2D eigenvalue weighted by atomic mass is 16.3. The Morgan fingerprint density at radius 3 is 2.40 bits per heavy atom. The molecule has 0 aliphatic heterocycles. The molecule has 10 heavy (non-hydrogen) atoms. The minimum atomic E-state index is -0.229. The number of hydrogen-bond acceptors (Lipinski definition) is 2. The Hall–Kier alpha value is -0.370. The van der Waals surface area contributed by atoms with Gasteiger partial charge in [-0.3, -0.25) is 4.79 Å². The average Bonchev–Trinajstić information content (AvgIpc) is 1.88. The van der Waals surface area contributed by atoms with E-state index in [0.29, 0.717) is 24.5 Å². The molecule has 1 N–H and O–H groups in total. The normalized spacial score (nSPS) is 24.8. The molecular weight excluding hydrogens is 128 g/mol. The lowest BCUT2D eigenvalue weighted by Crippen LogP contribution is -2.22. The third-order valence-electron chi connectivity index (χ3n) is 2.27. The summed E-state index contributed by atoms with van der Waals surface area (Å²) >= 11 is 0. The van der Waals surface area contributed by atoms with E-state index >= 15 is 0 Å². The molecule has 0 bridgehead atoms. The van der Waals surface area contributed by atoms with Crippen molar-refractivity contribution < 1.29 is 9.90 Å². The largest absolute Gasteiger partial charge is 0.393 e. The van der Waals surface area contributed by atoms with Gasteiger partial charge in [0.05, 0.1) is 6.10 Å². The van der Waals surface area contributed by atoms with Gasteiger partial charge >= 0.3 is 0 Å². The quantitative estimate of drug-likeness (QED) is 0.595. The maximum Gasteiger partial charge on any atom is 0.132 e. The lowest BCUT2D eigenvalue weighted by atomic mass is 9.85. The first kappa shape index (κ1) is 7.73. The fourth-order valence-electron chi connectivity index (χ4n) is 1.44. The van der Waals surface area contributed by atoms with Crippen molar-refractivity contribution in [3.63, 3.8) is 0 Å². The lowest BCUT2D eigenvalue weighted by Gasteiger charge is -2.22. The van der Waals surface area contributed by atoms with Crippen LogP contribution in [0.4, 0.5) is 0 Å². The highest BCUT2D eigenvalue weighted by Gasteiger charge is 2.21. The van der Waals surface area contributed by atoms with Crippen LogP contribution in [0.25, 0.3) is 0 Å². The molecule has 0 saturated heterocycles. The van der Waals surface area contributed by atoms with Crippen molar-refractivity contribution in [3.8, 4) is 0 Å². The van der Waals surface area contributed by atoms with E-state index in [1.165, 1.54) is 0 Å². The molecule has 0 amide bonds. The van der Waals surface area contributed by atoms with Gasteiger partial charge in [0.15, 0.2) is 0 Å². The highest BCUT2D eigenvalue weighted by molar-refractivity contribution is 5.79. The maximum atomic E-state index is 10.7. The van der Waals surface area contributed by atoms with Gasteiger partial charge in [-0.05, 0) is 25.7 Å². The molecule has 1 rings (SSSR count). The molecule has 2 heteroatoms. The van der Waals surface area contributed by atoms with Gasteiger partial charge in [-0.1, -0.05) is 0 Å². The van der Waals surface area contributed by atoms with Gasteiger partial charge in [-0.2, -0.15) is 0 Å². The van der Waals surface area contributed by atoms with Gasteiger partial charge in [0.2, 0.25) is 0 Å². The molecule has 1 saturated carbocycles. The Morgan fingerprint density at radius 1 is 1.50 bits per heavy atom. The Morgan fingerprint density at radius 2 is 2.00 bits per heavy atom. The molecule has 0 radical (unpaired) electrons. The summed E-state index contributed by atoms with van der Waals surface area (Å²) in [4.78, 5) is 10.7. The van der Waals surface area contributed by atoms with Gasteiger partial charge in [-0.25, -0.2) is 0 Å². The zero-order valence-electron chi connectivity index (χ0n) is 6.34. The molecule has 1 fully saturated rings. The zero-order chi connectivity index (χ0) is 7.56. The summed E-state index contributed by atoms with van der Waals surface area (Å²) in [7, 11) is 0. The van der Waals surface area contributed by atoms with E-state index in [1.807, 2.05) is 0 Å². The first-order valence-electron chi connectivity index (χ1n) is 3.90. The number of hydrogen-bond donors (Lipinski definition) is 1. The van der Waals surface area contributed by atoms with Crippen LogP contribution in [-0.2, 0) is 4.79 Å². The smallest absolute Gasteiger partial charge is 0.132 e. The van der Waals surface area contributed by atoms with Gasteiger partial charge < -0.3 is 5.11 Å². The van der Waals surface area contributed by atoms with E-state index in [-0.39, 0.29) is 6.10 Å². The number of rotatable bonds is 1. The predicted molar refractivity (Wildman–Crippen MR) is 38.6 cm³/mol. The summed E-state index contributed by atoms with van der Waals surface area (Å²) in [6.45, 7) is 1.81. The van der Waals surface area contributed by atoms with Crippen LogP contribution in [0.1, 0.15) is 32.6 Å². The number of aliphatic hydroxyl groups is 1. The van der Waals surface area contributed by atoms with Crippen molar-refractivity contribution in [1.82, 2.24) is 0 Å². The van der Waals surface area contributed by atoms with Crippen LogP contribution in [0.2, 0.25) is 0 Å². The molecule has 0 aromatic heterocycles. The Bertz CT molecular complexity index is 119. The third-order valence-corrected chi connectivity index (χ3v) is 2.27. The number of Topliss-reactive ketones (excluding diaryl/α,β-unsaturated/α-hetero) is 1. The summed E-state index contributed by atoms with van der Waals surface area (Å²) in [5, 5.41) is 9.15. The van der Waals surface area contributed by atoms with E-state index in [9.17, 15) is 4.79 Å². The van der Waals surface area contributed by atoms with Crippen LogP contribution >= 0.6 is 0 Å². The Balaban J connectivity index is 2.33. The topological polar surface area (TPSA) is 37.3 Å². The van der Waals surface area contributed by atoms with E-state index in [2.05, 4.69) is 0 Å². The summed E-state index contributed by atoms with van der Waals surface area (Å²) < 4.78 is 0. The Kier molecular flexibility index (Phi) is 2.44. The second-order valence-electron chi connectivity index (χ2n) is 3.12. The second-order valence-corrected chi connectivity index (χ2v) is 3.12. The van der Waals surface area contributed by atoms with Gasteiger partial charge in [0.1, 0.15) is 5.78 Å². The molecule has 0 aromatic rings. The molecule has 0 heterocycles. The predicted octanol–water partition coefficient (Wildman–Crippen LogP) is 1.13. The zero-order valence-corrected chi connectivity index (χ0v) is 6.34. The Labute approximate surface area is 61.2 Å². The van der Waals surface area contributed by atoms with Crippen molar-refractivity contribution >= 4 is 5.78 Å². The monoisotopic (exact) mass is 142 g/mol. The molecule has 1 aliphatic rings. The average molecular weight is 142 g/mol. The molecular formula is C8H14O2. The minimum absolute atomic E-state index is 0.229. The van der Waals surface area contributed by atoms with Gasteiger partial charge in [-0.15, -0.1) is 0 Å². The lowest BCUT2D eigenvalue weighted by molar-refractivity contribution is -0.121. The fourth-order valence-corrected chi connectivity index (χ4v) is 1.44. The van der Waals surface area contributed by atoms with E-state index in [4.69, 9.17) is 5.11 Å². The number of aliphatic hydroxyl groups excluding tert-OH is 1. The molecule has 1 aliphatic carbocycles. The number of carbonyl (C=O) groups is 1. The number of ketones is 1. The first-order chi connectivity index (χ1) is 4.70. The standard InChI is InChI=1S/C8H14O2/c1-6(9)7-2-4-8(10)5-3-7/h6-7,9H,2-5H2,1H3/t6-/m1/s1. The second kappa shape index (κ2) is 3.15. The highest BCUT2D eigenvalue weighted by Crippen LogP contribution is 2.23. The molecule has 0 unspecified atom stereocenters. The van der Waals surface area contributed by atoms with Crippen molar-refractivity contribution in [2.45, 2.75) is 38.7 Å². The van der Waals surface area contributed by atoms with Crippen LogP contribution in [0, 0.1) is 5.92 Å². The third kappa shape index (κ3) is 1.81. The molecule has 58 valence electrons.